The van der Waals surface area contributed by atoms with E-state index < -0.39 is 0 Å². The summed E-state index contributed by atoms with van der Waals surface area (Å²) in [6.45, 7) is 5.97. The number of thiazole rings is 1. The summed E-state index contributed by atoms with van der Waals surface area (Å²) in [4.78, 5) is 20.3. The van der Waals surface area contributed by atoms with E-state index in [4.69, 9.17) is 4.74 Å². The highest BCUT2D eigenvalue weighted by molar-refractivity contribution is 7.13. The number of aryl methyl sites for hydroxylation is 1. The van der Waals surface area contributed by atoms with Crippen LogP contribution in [0.4, 0.5) is 0 Å². The maximum absolute atomic E-state index is 12.5. The van der Waals surface area contributed by atoms with Crippen LogP contribution in [0.5, 0.6) is 5.75 Å². The second-order valence-corrected chi connectivity index (χ2v) is 7.76. The van der Waals surface area contributed by atoms with Gasteiger partial charge in [0.05, 0.1) is 17.8 Å². The van der Waals surface area contributed by atoms with Crippen LogP contribution in [-0.2, 0) is 12.8 Å². The fraction of sp³-hybridized carbons (Fsp3) is 0.500. The Balaban J connectivity index is 1.49. The van der Waals surface area contributed by atoms with Crippen molar-refractivity contribution in [2.45, 2.75) is 32.6 Å². The maximum atomic E-state index is 12.5. The summed E-state index contributed by atoms with van der Waals surface area (Å²) < 4.78 is 5.23. The molecule has 5 nitrogen and oxygen atoms in total. The Hall–Kier alpha value is -1.92. The largest absolute Gasteiger partial charge is 0.497 e. The van der Waals surface area contributed by atoms with E-state index in [-0.39, 0.29) is 5.91 Å². The van der Waals surface area contributed by atoms with Crippen LogP contribution in [0.1, 0.15) is 38.8 Å². The summed E-state index contributed by atoms with van der Waals surface area (Å²) in [5, 5.41) is 4.08. The standard InChI is InChI=1S/C20H27N3O2S/c1-15-19(26-18(22-15)9-13-23-11-3-4-12-23)20(24)21-10-8-16-6-5-7-17(14-16)25-2/h5-7,14H,3-4,8-13H2,1-2H3,(H,21,24). The molecule has 1 aliphatic heterocycles. The first-order chi connectivity index (χ1) is 12.7. The third-order valence-electron chi connectivity index (χ3n) is 4.72. The summed E-state index contributed by atoms with van der Waals surface area (Å²) in [5.41, 5.74) is 1.99. The molecular formula is C20H27N3O2S. The zero-order valence-corrected chi connectivity index (χ0v) is 16.4. The Morgan fingerprint density at radius 2 is 2.12 bits per heavy atom. The average molecular weight is 374 g/mol. The monoisotopic (exact) mass is 373 g/mol. The van der Waals surface area contributed by atoms with E-state index in [1.165, 1.54) is 37.3 Å². The van der Waals surface area contributed by atoms with Crippen molar-refractivity contribution in [1.29, 1.82) is 0 Å². The van der Waals surface area contributed by atoms with Gasteiger partial charge in [0.15, 0.2) is 0 Å². The molecule has 2 aromatic rings. The molecule has 6 heteroatoms. The number of rotatable bonds is 8. The first kappa shape index (κ1) is 18.9. The predicted octanol–water partition coefficient (Wildman–Crippen LogP) is 3.07. The molecule has 1 amide bonds. The molecule has 3 rings (SSSR count). The van der Waals surface area contributed by atoms with Gasteiger partial charge in [0.1, 0.15) is 10.6 Å². The van der Waals surface area contributed by atoms with Gasteiger partial charge in [-0.2, -0.15) is 0 Å². The van der Waals surface area contributed by atoms with Gasteiger partial charge in [0, 0.05) is 19.5 Å². The average Bonchev–Trinajstić information content (AvgIpc) is 3.29. The van der Waals surface area contributed by atoms with Crippen molar-refractivity contribution < 1.29 is 9.53 Å². The van der Waals surface area contributed by atoms with Crippen LogP contribution >= 0.6 is 11.3 Å². The first-order valence-electron chi connectivity index (χ1n) is 9.25. The van der Waals surface area contributed by atoms with E-state index in [1.54, 1.807) is 7.11 Å². The van der Waals surface area contributed by atoms with Crippen molar-refractivity contribution in [2.24, 2.45) is 0 Å². The van der Waals surface area contributed by atoms with Gasteiger partial charge in [-0.1, -0.05) is 12.1 Å². The Labute approximate surface area is 159 Å². The maximum Gasteiger partial charge on any atom is 0.263 e. The molecule has 0 spiro atoms. The number of hydrogen-bond donors (Lipinski definition) is 1. The molecule has 140 valence electrons. The molecule has 1 aliphatic rings. The summed E-state index contributed by atoms with van der Waals surface area (Å²) in [5.74, 6) is 0.824. The minimum Gasteiger partial charge on any atom is -0.497 e. The minimum absolute atomic E-state index is 0.0182. The van der Waals surface area contributed by atoms with E-state index in [9.17, 15) is 4.79 Å². The Morgan fingerprint density at radius 3 is 2.88 bits per heavy atom. The molecule has 1 fully saturated rings. The van der Waals surface area contributed by atoms with Crippen LogP contribution in [0.15, 0.2) is 24.3 Å². The second kappa shape index (κ2) is 9.14. The number of carbonyl (C=O) groups excluding carboxylic acids is 1. The number of benzene rings is 1. The van der Waals surface area contributed by atoms with Gasteiger partial charge in [-0.3, -0.25) is 4.79 Å². The Morgan fingerprint density at radius 1 is 1.31 bits per heavy atom. The lowest BCUT2D eigenvalue weighted by Gasteiger charge is -2.12. The summed E-state index contributed by atoms with van der Waals surface area (Å²) in [6, 6.07) is 7.94. The van der Waals surface area contributed by atoms with Gasteiger partial charge < -0.3 is 15.0 Å². The molecule has 1 aromatic heterocycles. The third-order valence-corrected chi connectivity index (χ3v) is 5.94. The van der Waals surface area contributed by atoms with E-state index >= 15 is 0 Å². The quantitative estimate of drug-likeness (QED) is 0.773. The van der Waals surface area contributed by atoms with Crippen LogP contribution < -0.4 is 10.1 Å². The van der Waals surface area contributed by atoms with Crippen molar-refractivity contribution in [1.82, 2.24) is 15.2 Å². The van der Waals surface area contributed by atoms with Gasteiger partial charge in [0.25, 0.3) is 5.91 Å². The number of amides is 1. The third kappa shape index (κ3) is 5.05. The lowest BCUT2D eigenvalue weighted by Crippen LogP contribution is -2.25. The van der Waals surface area contributed by atoms with Gasteiger partial charge in [-0.15, -0.1) is 11.3 Å². The highest BCUT2D eigenvalue weighted by Gasteiger charge is 2.17. The fourth-order valence-corrected chi connectivity index (χ4v) is 4.23. The van der Waals surface area contributed by atoms with E-state index in [2.05, 4.69) is 15.2 Å². The normalized spacial score (nSPS) is 14.5. The van der Waals surface area contributed by atoms with E-state index in [1.807, 2.05) is 31.2 Å². The Kier molecular flexibility index (Phi) is 6.63. The van der Waals surface area contributed by atoms with Gasteiger partial charge in [0.2, 0.25) is 0 Å². The molecule has 1 aromatic carbocycles. The zero-order chi connectivity index (χ0) is 18.4. The number of aromatic nitrogens is 1. The molecule has 1 N–H and O–H groups in total. The van der Waals surface area contributed by atoms with Crippen molar-refractivity contribution in [2.75, 3.05) is 33.3 Å². The number of nitrogens with zero attached hydrogens (tertiary/aromatic N) is 2. The summed E-state index contributed by atoms with van der Waals surface area (Å²) in [6.07, 6.45) is 4.32. The van der Waals surface area contributed by atoms with Crippen molar-refractivity contribution in [3.8, 4) is 5.75 Å². The molecule has 0 bridgehead atoms. The molecule has 1 saturated heterocycles. The zero-order valence-electron chi connectivity index (χ0n) is 15.6. The van der Waals surface area contributed by atoms with Gasteiger partial charge in [-0.25, -0.2) is 4.98 Å². The van der Waals surface area contributed by atoms with Crippen LogP contribution in [-0.4, -0.2) is 49.1 Å². The predicted molar refractivity (Wildman–Crippen MR) is 105 cm³/mol. The lowest BCUT2D eigenvalue weighted by atomic mass is 10.1. The topological polar surface area (TPSA) is 54.5 Å². The SMILES string of the molecule is COc1cccc(CCNC(=O)c2sc(CCN3CCCC3)nc2C)c1. The number of hydrogen-bond acceptors (Lipinski definition) is 5. The first-order valence-corrected chi connectivity index (χ1v) is 10.1. The molecule has 2 heterocycles. The van der Waals surface area contributed by atoms with Crippen molar-refractivity contribution in [3.63, 3.8) is 0 Å². The number of methoxy groups -OCH3 is 1. The molecule has 0 atom stereocenters. The molecule has 0 unspecified atom stereocenters. The van der Waals surface area contributed by atoms with Gasteiger partial charge in [-0.05, 0) is 57.0 Å². The second-order valence-electron chi connectivity index (χ2n) is 6.68. The number of carbonyl (C=O) groups is 1. The smallest absolute Gasteiger partial charge is 0.263 e. The lowest BCUT2D eigenvalue weighted by molar-refractivity contribution is 0.0957. The van der Waals surface area contributed by atoms with Crippen LogP contribution in [0.3, 0.4) is 0 Å². The van der Waals surface area contributed by atoms with Crippen molar-refractivity contribution in [3.05, 3.63) is 45.4 Å². The highest BCUT2D eigenvalue weighted by atomic mass is 32.1. The number of ether oxygens (including phenoxy) is 1. The van der Waals surface area contributed by atoms with Crippen LogP contribution in [0.25, 0.3) is 0 Å². The molecule has 0 radical (unpaired) electrons. The van der Waals surface area contributed by atoms with Crippen LogP contribution in [0, 0.1) is 6.92 Å². The Bertz CT molecular complexity index is 738. The molecule has 0 aliphatic carbocycles. The summed E-state index contributed by atoms with van der Waals surface area (Å²) >= 11 is 1.53. The molecule has 26 heavy (non-hydrogen) atoms. The molecule has 0 saturated carbocycles. The fourth-order valence-electron chi connectivity index (χ4n) is 3.26. The van der Waals surface area contributed by atoms with Gasteiger partial charge >= 0.3 is 0 Å². The highest BCUT2D eigenvalue weighted by Crippen LogP contribution is 2.20. The van der Waals surface area contributed by atoms with E-state index in [0.29, 0.717) is 6.54 Å². The van der Waals surface area contributed by atoms with Crippen LogP contribution in [0.2, 0.25) is 0 Å². The van der Waals surface area contributed by atoms with E-state index in [0.717, 1.165) is 46.3 Å². The minimum atomic E-state index is -0.0182. The number of likely N-dealkylation sites (tertiary alicyclic amines) is 1. The summed E-state index contributed by atoms with van der Waals surface area (Å²) in [7, 11) is 1.66. The number of nitrogens with one attached hydrogen (secondary N) is 1. The van der Waals surface area contributed by atoms with Crippen molar-refractivity contribution >= 4 is 17.2 Å². The molecular weight excluding hydrogens is 346 g/mol.